The van der Waals surface area contributed by atoms with Gasteiger partial charge in [0.15, 0.2) is 11.5 Å². The Bertz CT molecular complexity index is 1130. The monoisotopic (exact) mass is 510 g/mol. The van der Waals surface area contributed by atoms with Gasteiger partial charge in [-0.05, 0) is 48.9 Å². The van der Waals surface area contributed by atoms with E-state index in [4.69, 9.17) is 18.9 Å². The summed E-state index contributed by atoms with van der Waals surface area (Å²) in [7, 11) is 6.27. The first-order valence-electron chi connectivity index (χ1n) is 12.2. The third-order valence-electron chi connectivity index (χ3n) is 6.61. The number of piperazine rings is 1. The number of ether oxygens (including phenoxy) is 4. The van der Waals surface area contributed by atoms with Crippen molar-refractivity contribution in [2.24, 2.45) is 0 Å². The van der Waals surface area contributed by atoms with Crippen LogP contribution >= 0.6 is 0 Å². The molecule has 2 fully saturated rings. The molecule has 2 heterocycles. The van der Waals surface area contributed by atoms with E-state index in [0.717, 1.165) is 44.2 Å². The fourth-order valence-corrected chi connectivity index (χ4v) is 4.68. The first-order chi connectivity index (χ1) is 18.0. The third-order valence-corrected chi connectivity index (χ3v) is 6.61. The number of urea groups is 1. The average molecular weight is 511 g/mol. The Morgan fingerprint density at radius 3 is 2.11 bits per heavy atom. The summed E-state index contributed by atoms with van der Waals surface area (Å²) in [6.07, 6.45) is 2.31. The summed E-state index contributed by atoms with van der Waals surface area (Å²) in [4.78, 5) is 31.4. The van der Waals surface area contributed by atoms with Crippen molar-refractivity contribution in [2.45, 2.75) is 6.42 Å². The Kier molecular flexibility index (Phi) is 8.39. The smallest absolute Gasteiger partial charge is 0.329 e. The number of nitrogens with zero attached hydrogens (tertiary/aromatic N) is 3. The quantitative estimate of drug-likeness (QED) is 0.385. The minimum Gasteiger partial charge on any atom is -0.495 e. The number of benzene rings is 2. The van der Waals surface area contributed by atoms with Gasteiger partial charge in [-0.3, -0.25) is 14.6 Å². The van der Waals surface area contributed by atoms with Crippen LogP contribution in [0.25, 0.3) is 6.08 Å². The normalized spacial score (nSPS) is 17.2. The van der Waals surface area contributed by atoms with Crippen molar-refractivity contribution in [3.8, 4) is 23.0 Å². The van der Waals surface area contributed by atoms with E-state index in [9.17, 15) is 9.59 Å². The zero-order chi connectivity index (χ0) is 26.4. The number of anilines is 1. The van der Waals surface area contributed by atoms with Crippen molar-refractivity contribution in [3.05, 3.63) is 47.7 Å². The predicted molar refractivity (Wildman–Crippen MR) is 141 cm³/mol. The minimum absolute atomic E-state index is 0.213. The molecule has 0 radical (unpaired) electrons. The first-order valence-corrected chi connectivity index (χ1v) is 12.2. The molecule has 198 valence electrons. The molecule has 0 aromatic heterocycles. The van der Waals surface area contributed by atoms with Crippen LogP contribution in [0.3, 0.4) is 0 Å². The fourth-order valence-electron chi connectivity index (χ4n) is 4.68. The highest BCUT2D eigenvalue weighted by Crippen LogP contribution is 2.38. The van der Waals surface area contributed by atoms with Gasteiger partial charge < -0.3 is 29.2 Å². The number of amides is 3. The van der Waals surface area contributed by atoms with Gasteiger partial charge in [0.1, 0.15) is 11.4 Å². The first kappa shape index (κ1) is 26.2. The van der Waals surface area contributed by atoms with Crippen molar-refractivity contribution in [1.82, 2.24) is 15.1 Å². The summed E-state index contributed by atoms with van der Waals surface area (Å²) >= 11 is 0. The van der Waals surface area contributed by atoms with Crippen molar-refractivity contribution in [1.29, 1.82) is 0 Å². The molecule has 4 rings (SSSR count). The minimum atomic E-state index is -0.412. The largest absolute Gasteiger partial charge is 0.495 e. The highest BCUT2D eigenvalue weighted by atomic mass is 16.5. The summed E-state index contributed by atoms with van der Waals surface area (Å²) < 4.78 is 21.6. The lowest BCUT2D eigenvalue weighted by molar-refractivity contribution is -0.122. The number of hydrogen-bond acceptors (Lipinski definition) is 8. The molecule has 0 unspecified atom stereocenters. The Morgan fingerprint density at radius 1 is 0.838 bits per heavy atom. The maximum absolute atomic E-state index is 12.9. The summed E-state index contributed by atoms with van der Waals surface area (Å²) in [6, 6.07) is 11.1. The lowest BCUT2D eigenvalue weighted by Gasteiger charge is -2.36. The van der Waals surface area contributed by atoms with Crippen LogP contribution in [-0.4, -0.2) is 89.4 Å². The molecule has 37 heavy (non-hydrogen) atoms. The van der Waals surface area contributed by atoms with Crippen LogP contribution in [0.2, 0.25) is 0 Å². The zero-order valence-corrected chi connectivity index (χ0v) is 21.8. The van der Waals surface area contributed by atoms with Crippen molar-refractivity contribution in [2.75, 3.05) is 72.6 Å². The fraction of sp³-hybridized carbons (Fsp3) is 0.407. The van der Waals surface area contributed by atoms with Crippen molar-refractivity contribution < 1.29 is 28.5 Å². The van der Waals surface area contributed by atoms with Gasteiger partial charge in [-0.2, -0.15) is 0 Å². The van der Waals surface area contributed by atoms with E-state index in [2.05, 4.69) is 21.2 Å². The molecule has 3 amide bonds. The number of methoxy groups -OCH3 is 4. The van der Waals surface area contributed by atoms with Gasteiger partial charge in [0, 0.05) is 32.7 Å². The third kappa shape index (κ3) is 5.75. The number of rotatable bonds is 10. The molecule has 2 aromatic carbocycles. The van der Waals surface area contributed by atoms with Crippen LogP contribution in [0.1, 0.15) is 12.0 Å². The summed E-state index contributed by atoms with van der Waals surface area (Å²) in [5.74, 6) is 1.92. The molecule has 0 aliphatic carbocycles. The predicted octanol–water partition coefficient (Wildman–Crippen LogP) is 2.83. The highest BCUT2D eigenvalue weighted by molar-refractivity contribution is 6.14. The van der Waals surface area contributed by atoms with Gasteiger partial charge in [0.25, 0.3) is 5.91 Å². The molecule has 0 bridgehead atoms. The summed E-state index contributed by atoms with van der Waals surface area (Å²) in [6.45, 7) is 4.76. The topological polar surface area (TPSA) is 92.8 Å². The second kappa shape index (κ2) is 11.9. The number of carbonyl (C=O) groups is 2. The number of para-hydroxylation sites is 2. The maximum Gasteiger partial charge on any atom is 0.329 e. The van der Waals surface area contributed by atoms with E-state index in [1.165, 1.54) is 26.2 Å². The summed E-state index contributed by atoms with van der Waals surface area (Å²) in [5.41, 5.74) is 1.97. The van der Waals surface area contributed by atoms with E-state index >= 15 is 0 Å². The van der Waals surface area contributed by atoms with Crippen LogP contribution in [0.4, 0.5) is 10.5 Å². The average Bonchev–Trinajstić information content (AvgIpc) is 3.19. The standard InChI is InChI=1S/C27H34N4O6/c1-34-22-9-6-5-8-21(22)30-14-12-29(13-15-30)10-7-11-31-26(32)20(28-27(31)33)16-19-17-23(35-2)25(37-4)24(18-19)36-3/h5-6,8-9,16-18H,7,10-15H2,1-4H3,(H,28,33)/b20-16+. The van der Waals surface area contributed by atoms with E-state index < -0.39 is 6.03 Å². The van der Waals surface area contributed by atoms with Gasteiger partial charge >= 0.3 is 6.03 Å². The van der Waals surface area contributed by atoms with Crippen LogP contribution < -0.4 is 29.2 Å². The van der Waals surface area contributed by atoms with E-state index in [1.807, 2.05) is 18.2 Å². The zero-order valence-electron chi connectivity index (χ0n) is 21.8. The molecule has 10 nitrogen and oxygen atoms in total. The van der Waals surface area contributed by atoms with Gasteiger partial charge in [0.05, 0.1) is 34.1 Å². The molecule has 2 saturated heterocycles. The van der Waals surface area contributed by atoms with Crippen LogP contribution in [0.15, 0.2) is 42.1 Å². The van der Waals surface area contributed by atoms with E-state index in [1.54, 1.807) is 25.3 Å². The maximum atomic E-state index is 12.9. The van der Waals surface area contributed by atoms with Gasteiger partial charge in [-0.15, -0.1) is 0 Å². The second-order valence-electron chi connectivity index (χ2n) is 8.76. The molecule has 0 saturated carbocycles. The molecule has 10 heteroatoms. The van der Waals surface area contributed by atoms with Crippen molar-refractivity contribution >= 4 is 23.7 Å². The molecule has 1 N–H and O–H groups in total. The van der Waals surface area contributed by atoms with Crippen LogP contribution in [-0.2, 0) is 4.79 Å². The number of hydrogen-bond donors (Lipinski definition) is 1. The lowest BCUT2D eigenvalue weighted by atomic mass is 10.1. The number of imide groups is 1. The second-order valence-corrected chi connectivity index (χ2v) is 8.76. The number of carbonyl (C=O) groups excluding carboxylic acids is 2. The SMILES string of the molecule is COc1ccccc1N1CCN(CCCN2C(=O)N/C(=C/c3cc(OC)c(OC)c(OC)c3)C2=O)CC1. The van der Waals surface area contributed by atoms with Crippen molar-refractivity contribution in [3.63, 3.8) is 0 Å². The summed E-state index contributed by atoms with van der Waals surface area (Å²) in [5, 5.41) is 2.68. The molecule has 0 spiro atoms. The van der Waals surface area contributed by atoms with Crippen LogP contribution in [0.5, 0.6) is 23.0 Å². The van der Waals surface area contributed by atoms with E-state index in [-0.39, 0.29) is 11.6 Å². The Morgan fingerprint density at radius 2 is 1.49 bits per heavy atom. The Labute approximate surface area is 217 Å². The van der Waals surface area contributed by atoms with Gasteiger partial charge in [0.2, 0.25) is 5.75 Å². The number of nitrogens with one attached hydrogen (secondary N) is 1. The van der Waals surface area contributed by atoms with E-state index in [0.29, 0.717) is 35.8 Å². The molecule has 2 aliphatic rings. The Hall–Kier alpha value is -3.92. The lowest BCUT2D eigenvalue weighted by Crippen LogP contribution is -2.47. The van der Waals surface area contributed by atoms with Gasteiger partial charge in [-0.1, -0.05) is 12.1 Å². The molecular weight excluding hydrogens is 476 g/mol. The highest BCUT2D eigenvalue weighted by Gasteiger charge is 2.33. The molecular formula is C27H34N4O6. The molecule has 2 aromatic rings. The molecule has 0 atom stereocenters. The Balaban J connectivity index is 1.32. The van der Waals surface area contributed by atoms with Gasteiger partial charge in [-0.25, -0.2) is 4.79 Å². The van der Waals surface area contributed by atoms with Crippen LogP contribution in [0, 0.1) is 0 Å². The molecule has 2 aliphatic heterocycles.